The monoisotopic (exact) mass is 294 g/mol. The van der Waals surface area contributed by atoms with Gasteiger partial charge in [0.05, 0.1) is 0 Å². The van der Waals surface area contributed by atoms with Gasteiger partial charge in [-0.05, 0) is 48.2 Å². The largest absolute Gasteiger partial charge is 0.361 e. The first-order chi connectivity index (χ1) is 10.8. The number of nitrogens with zero attached hydrogens (tertiary/aromatic N) is 1. The summed E-state index contributed by atoms with van der Waals surface area (Å²) in [5, 5.41) is 1.30. The Morgan fingerprint density at radius 3 is 2.95 bits per heavy atom. The molecule has 1 aromatic heterocycles. The molecule has 2 heterocycles. The molecule has 112 valence electrons. The number of benzene rings is 2. The average molecular weight is 294 g/mol. The van der Waals surface area contributed by atoms with Crippen LogP contribution in [-0.2, 0) is 6.54 Å². The first-order valence-electron chi connectivity index (χ1n) is 7.82. The van der Waals surface area contributed by atoms with E-state index in [1.54, 1.807) is 6.07 Å². The number of aromatic nitrogens is 1. The van der Waals surface area contributed by atoms with Gasteiger partial charge in [0.1, 0.15) is 5.82 Å². The summed E-state index contributed by atoms with van der Waals surface area (Å²) < 4.78 is 13.4. The zero-order valence-electron chi connectivity index (χ0n) is 12.4. The van der Waals surface area contributed by atoms with E-state index >= 15 is 0 Å². The number of hydrogen-bond acceptors (Lipinski definition) is 1. The van der Waals surface area contributed by atoms with E-state index in [1.165, 1.54) is 22.5 Å². The van der Waals surface area contributed by atoms with Gasteiger partial charge >= 0.3 is 0 Å². The van der Waals surface area contributed by atoms with Crippen LogP contribution in [0.5, 0.6) is 0 Å². The summed E-state index contributed by atoms with van der Waals surface area (Å²) in [5.74, 6) is 0.313. The highest BCUT2D eigenvalue weighted by Gasteiger charge is 2.24. The van der Waals surface area contributed by atoms with Crippen molar-refractivity contribution in [3.63, 3.8) is 0 Å². The van der Waals surface area contributed by atoms with Crippen LogP contribution >= 0.6 is 0 Å². The third kappa shape index (κ3) is 2.53. The van der Waals surface area contributed by atoms with Gasteiger partial charge in [0.25, 0.3) is 0 Å². The first-order valence-corrected chi connectivity index (χ1v) is 7.82. The Balaban J connectivity index is 1.49. The third-order valence-electron chi connectivity index (χ3n) is 4.66. The predicted octanol–water partition coefficient (Wildman–Crippen LogP) is 4.30. The van der Waals surface area contributed by atoms with Crippen molar-refractivity contribution in [1.82, 2.24) is 9.88 Å². The molecule has 22 heavy (non-hydrogen) atoms. The smallest absolute Gasteiger partial charge is 0.123 e. The fourth-order valence-electron chi connectivity index (χ4n) is 3.51. The number of likely N-dealkylation sites (tertiary alicyclic amines) is 1. The molecule has 2 aromatic carbocycles. The normalized spacial score (nSPS) is 19.0. The van der Waals surface area contributed by atoms with Crippen LogP contribution in [0, 0.1) is 5.82 Å². The number of hydrogen-bond donors (Lipinski definition) is 1. The van der Waals surface area contributed by atoms with Crippen LogP contribution in [0.2, 0.25) is 0 Å². The van der Waals surface area contributed by atoms with E-state index in [-0.39, 0.29) is 5.82 Å². The Kier molecular flexibility index (Phi) is 3.43. The molecule has 0 amide bonds. The molecule has 3 aromatic rings. The maximum absolute atomic E-state index is 13.4. The summed E-state index contributed by atoms with van der Waals surface area (Å²) in [5.41, 5.74) is 3.66. The Morgan fingerprint density at radius 2 is 2.05 bits per heavy atom. The van der Waals surface area contributed by atoms with Crippen molar-refractivity contribution in [2.45, 2.75) is 18.9 Å². The second-order valence-corrected chi connectivity index (χ2v) is 6.14. The molecular weight excluding hydrogens is 275 g/mol. The molecule has 1 unspecified atom stereocenters. The molecule has 1 N–H and O–H groups in total. The summed E-state index contributed by atoms with van der Waals surface area (Å²) in [4.78, 5) is 5.80. The number of rotatable bonds is 3. The summed E-state index contributed by atoms with van der Waals surface area (Å²) >= 11 is 0. The standard InChI is InChI=1S/C19H19FN2/c20-17-5-3-4-14(10-17)15-8-9-22(12-15)13-16-11-21-19-7-2-1-6-18(16)19/h1-7,10-11,15,21H,8-9,12-13H2. The Morgan fingerprint density at radius 1 is 1.14 bits per heavy atom. The van der Waals surface area contributed by atoms with Crippen molar-refractivity contribution in [3.05, 3.63) is 71.7 Å². The van der Waals surface area contributed by atoms with Crippen molar-refractivity contribution in [3.8, 4) is 0 Å². The van der Waals surface area contributed by atoms with Gasteiger partial charge in [-0.2, -0.15) is 0 Å². The van der Waals surface area contributed by atoms with Crippen LogP contribution in [0.4, 0.5) is 4.39 Å². The fourth-order valence-corrected chi connectivity index (χ4v) is 3.51. The molecule has 1 fully saturated rings. The maximum atomic E-state index is 13.4. The Labute approximate surface area is 129 Å². The molecule has 0 aliphatic carbocycles. The third-order valence-corrected chi connectivity index (χ3v) is 4.66. The van der Waals surface area contributed by atoms with E-state index in [0.29, 0.717) is 5.92 Å². The predicted molar refractivity (Wildman–Crippen MR) is 87.3 cm³/mol. The van der Waals surface area contributed by atoms with Crippen molar-refractivity contribution in [2.75, 3.05) is 13.1 Å². The number of aromatic amines is 1. The molecule has 0 bridgehead atoms. The lowest BCUT2D eigenvalue weighted by Crippen LogP contribution is -2.19. The Hall–Kier alpha value is -2.13. The van der Waals surface area contributed by atoms with E-state index in [2.05, 4.69) is 40.3 Å². The van der Waals surface area contributed by atoms with Crippen LogP contribution in [0.1, 0.15) is 23.5 Å². The molecule has 1 atom stereocenters. The second-order valence-electron chi connectivity index (χ2n) is 6.14. The van der Waals surface area contributed by atoms with Crippen LogP contribution < -0.4 is 0 Å². The van der Waals surface area contributed by atoms with Gasteiger partial charge in [-0.1, -0.05) is 30.3 Å². The summed E-state index contributed by atoms with van der Waals surface area (Å²) in [7, 11) is 0. The zero-order chi connectivity index (χ0) is 14.9. The van der Waals surface area contributed by atoms with Gasteiger partial charge in [0.15, 0.2) is 0 Å². The zero-order valence-corrected chi connectivity index (χ0v) is 12.4. The average Bonchev–Trinajstić information content (AvgIpc) is 3.16. The fraction of sp³-hybridized carbons (Fsp3) is 0.263. The number of fused-ring (bicyclic) bond motifs is 1. The van der Waals surface area contributed by atoms with E-state index < -0.39 is 0 Å². The summed E-state index contributed by atoms with van der Waals surface area (Å²) in [6.45, 7) is 3.03. The molecule has 2 nitrogen and oxygen atoms in total. The molecule has 0 radical (unpaired) electrons. The SMILES string of the molecule is Fc1cccc(C2CCN(Cc3c[nH]c4ccccc34)C2)c1. The van der Waals surface area contributed by atoms with E-state index in [0.717, 1.165) is 31.6 Å². The molecule has 3 heteroatoms. The highest BCUT2D eigenvalue weighted by molar-refractivity contribution is 5.82. The van der Waals surface area contributed by atoms with Crippen molar-refractivity contribution in [2.24, 2.45) is 0 Å². The Bertz CT molecular complexity index is 793. The maximum Gasteiger partial charge on any atom is 0.123 e. The van der Waals surface area contributed by atoms with E-state index in [4.69, 9.17) is 0 Å². The van der Waals surface area contributed by atoms with Gasteiger partial charge in [-0.3, -0.25) is 4.90 Å². The van der Waals surface area contributed by atoms with Gasteiger partial charge in [-0.25, -0.2) is 4.39 Å². The van der Waals surface area contributed by atoms with Crippen LogP contribution in [-0.4, -0.2) is 23.0 Å². The minimum absolute atomic E-state index is 0.132. The van der Waals surface area contributed by atoms with E-state index in [1.807, 2.05) is 12.1 Å². The molecule has 1 aliphatic heterocycles. The van der Waals surface area contributed by atoms with Crippen molar-refractivity contribution < 1.29 is 4.39 Å². The van der Waals surface area contributed by atoms with Gasteiger partial charge in [0, 0.05) is 30.2 Å². The quantitative estimate of drug-likeness (QED) is 0.763. The molecule has 0 saturated carbocycles. The van der Waals surface area contributed by atoms with Gasteiger partial charge in [0.2, 0.25) is 0 Å². The molecule has 4 rings (SSSR count). The second kappa shape index (κ2) is 5.58. The lowest BCUT2D eigenvalue weighted by atomic mass is 9.98. The van der Waals surface area contributed by atoms with Crippen molar-refractivity contribution in [1.29, 1.82) is 0 Å². The van der Waals surface area contributed by atoms with E-state index in [9.17, 15) is 4.39 Å². The minimum Gasteiger partial charge on any atom is -0.361 e. The lowest BCUT2D eigenvalue weighted by molar-refractivity contribution is 0.328. The topological polar surface area (TPSA) is 19.0 Å². The molecular formula is C19H19FN2. The number of para-hydroxylation sites is 1. The van der Waals surface area contributed by atoms with Crippen LogP contribution in [0.25, 0.3) is 10.9 Å². The van der Waals surface area contributed by atoms with Gasteiger partial charge < -0.3 is 4.98 Å². The number of halogens is 1. The number of H-pyrrole nitrogens is 1. The summed E-state index contributed by atoms with van der Waals surface area (Å²) in [6, 6.07) is 15.5. The van der Waals surface area contributed by atoms with Crippen LogP contribution in [0.15, 0.2) is 54.7 Å². The van der Waals surface area contributed by atoms with Crippen molar-refractivity contribution >= 4 is 10.9 Å². The lowest BCUT2D eigenvalue weighted by Gasteiger charge is -2.16. The molecule has 1 aliphatic rings. The summed E-state index contributed by atoms with van der Waals surface area (Å²) in [6.07, 6.45) is 3.21. The van der Waals surface area contributed by atoms with Crippen LogP contribution in [0.3, 0.4) is 0 Å². The molecule has 1 saturated heterocycles. The highest BCUT2D eigenvalue weighted by atomic mass is 19.1. The minimum atomic E-state index is -0.132. The highest BCUT2D eigenvalue weighted by Crippen LogP contribution is 2.29. The first kappa shape index (κ1) is 13.5. The number of nitrogens with one attached hydrogen (secondary N) is 1. The molecule has 0 spiro atoms. The van der Waals surface area contributed by atoms with Gasteiger partial charge in [-0.15, -0.1) is 0 Å².